The minimum absolute atomic E-state index is 0.329. The van der Waals surface area contributed by atoms with E-state index in [2.05, 4.69) is 0 Å². The maximum atomic E-state index is 13.0. The highest BCUT2D eigenvalue weighted by Gasteiger charge is 2.10. The number of hydrogen-bond donors (Lipinski definition) is 1. The summed E-state index contributed by atoms with van der Waals surface area (Å²) in [6, 6.07) is 13.6. The molecule has 2 heteroatoms. The highest BCUT2D eigenvalue weighted by molar-refractivity contribution is 5.32. The molecule has 2 aromatic rings. The Labute approximate surface area is 94.2 Å². The zero-order valence-corrected chi connectivity index (χ0v) is 9.02. The van der Waals surface area contributed by atoms with Gasteiger partial charge in [-0.3, -0.25) is 0 Å². The van der Waals surface area contributed by atoms with Gasteiger partial charge >= 0.3 is 0 Å². The van der Waals surface area contributed by atoms with Crippen molar-refractivity contribution in [2.45, 2.75) is 13.0 Å². The van der Waals surface area contributed by atoms with Crippen LogP contribution in [0.15, 0.2) is 48.5 Å². The van der Waals surface area contributed by atoms with E-state index in [4.69, 9.17) is 0 Å². The van der Waals surface area contributed by atoms with Crippen LogP contribution >= 0.6 is 0 Å². The zero-order chi connectivity index (χ0) is 11.5. The van der Waals surface area contributed by atoms with Gasteiger partial charge in [0.25, 0.3) is 0 Å². The zero-order valence-electron chi connectivity index (χ0n) is 9.02. The van der Waals surface area contributed by atoms with Gasteiger partial charge in [-0.1, -0.05) is 42.0 Å². The second kappa shape index (κ2) is 4.45. The van der Waals surface area contributed by atoms with E-state index in [1.807, 2.05) is 31.2 Å². The van der Waals surface area contributed by atoms with E-state index in [1.54, 1.807) is 12.1 Å². The normalized spacial score (nSPS) is 12.4. The van der Waals surface area contributed by atoms with Crippen molar-refractivity contribution in [3.05, 3.63) is 71.0 Å². The van der Waals surface area contributed by atoms with E-state index in [9.17, 15) is 9.50 Å². The lowest BCUT2D eigenvalue weighted by Gasteiger charge is -2.12. The lowest BCUT2D eigenvalue weighted by Crippen LogP contribution is -2.00. The summed E-state index contributed by atoms with van der Waals surface area (Å²) in [7, 11) is 0. The third-order valence-corrected chi connectivity index (χ3v) is 2.52. The van der Waals surface area contributed by atoms with Crippen LogP contribution in [0, 0.1) is 12.7 Å². The summed E-state index contributed by atoms with van der Waals surface area (Å²) in [5.41, 5.74) is 2.43. The molecular weight excluding hydrogens is 203 g/mol. The van der Waals surface area contributed by atoms with Gasteiger partial charge in [0.1, 0.15) is 11.9 Å². The molecule has 0 unspecified atom stereocenters. The van der Waals surface area contributed by atoms with Crippen LogP contribution in [-0.2, 0) is 0 Å². The van der Waals surface area contributed by atoms with Crippen LogP contribution in [0.25, 0.3) is 0 Å². The van der Waals surface area contributed by atoms with E-state index in [0.717, 1.165) is 11.1 Å². The standard InChI is InChI=1S/C14H13FO/c1-10-4-2-5-11(8-10)14(16)12-6-3-7-13(15)9-12/h2-9,14,16H,1H3/t14-/m0/s1. The molecule has 0 aromatic heterocycles. The number of benzene rings is 2. The minimum Gasteiger partial charge on any atom is -0.384 e. The van der Waals surface area contributed by atoms with Crippen molar-refractivity contribution in [1.82, 2.24) is 0 Å². The quantitative estimate of drug-likeness (QED) is 0.817. The predicted molar refractivity (Wildman–Crippen MR) is 61.6 cm³/mol. The first kappa shape index (κ1) is 10.8. The molecule has 0 radical (unpaired) electrons. The molecule has 0 saturated heterocycles. The molecule has 82 valence electrons. The predicted octanol–water partition coefficient (Wildman–Crippen LogP) is 3.22. The van der Waals surface area contributed by atoms with Crippen molar-refractivity contribution in [2.75, 3.05) is 0 Å². The van der Waals surface area contributed by atoms with Crippen molar-refractivity contribution < 1.29 is 9.50 Å². The molecule has 0 bridgehead atoms. The van der Waals surface area contributed by atoms with Crippen LogP contribution in [0.4, 0.5) is 4.39 Å². The Morgan fingerprint density at radius 1 is 1.00 bits per heavy atom. The Morgan fingerprint density at radius 2 is 1.62 bits per heavy atom. The third kappa shape index (κ3) is 2.28. The summed E-state index contributed by atoms with van der Waals surface area (Å²) in [6.07, 6.45) is -0.768. The molecule has 1 nitrogen and oxygen atoms in total. The number of aryl methyl sites for hydroxylation is 1. The van der Waals surface area contributed by atoms with Gasteiger partial charge in [-0.25, -0.2) is 4.39 Å². The fourth-order valence-corrected chi connectivity index (χ4v) is 1.71. The van der Waals surface area contributed by atoms with Gasteiger partial charge in [0.2, 0.25) is 0 Å². The van der Waals surface area contributed by atoms with Crippen molar-refractivity contribution in [1.29, 1.82) is 0 Å². The van der Waals surface area contributed by atoms with Gasteiger partial charge in [0.15, 0.2) is 0 Å². The molecule has 1 atom stereocenters. The number of hydrogen-bond acceptors (Lipinski definition) is 1. The molecule has 2 aromatic carbocycles. The number of halogens is 1. The second-order valence-electron chi connectivity index (χ2n) is 3.87. The highest BCUT2D eigenvalue weighted by Crippen LogP contribution is 2.22. The first-order chi connectivity index (χ1) is 7.66. The summed E-state index contributed by atoms with van der Waals surface area (Å²) < 4.78 is 13.0. The van der Waals surface area contributed by atoms with E-state index < -0.39 is 6.10 Å². The first-order valence-corrected chi connectivity index (χ1v) is 5.17. The van der Waals surface area contributed by atoms with E-state index in [0.29, 0.717) is 5.56 Å². The van der Waals surface area contributed by atoms with Gasteiger partial charge in [-0.2, -0.15) is 0 Å². The summed E-state index contributed by atoms with van der Waals surface area (Å²) in [5, 5.41) is 10.1. The Hall–Kier alpha value is -1.67. The minimum atomic E-state index is -0.768. The molecule has 0 aliphatic carbocycles. The summed E-state index contributed by atoms with van der Waals surface area (Å²) in [4.78, 5) is 0. The van der Waals surface area contributed by atoms with Crippen LogP contribution in [0.3, 0.4) is 0 Å². The maximum absolute atomic E-state index is 13.0. The number of aliphatic hydroxyl groups excluding tert-OH is 1. The van der Waals surface area contributed by atoms with Crippen LogP contribution in [0.2, 0.25) is 0 Å². The average molecular weight is 216 g/mol. The molecule has 0 spiro atoms. The van der Waals surface area contributed by atoms with Gasteiger partial charge < -0.3 is 5.11 Å². The van der Waals surface area contributed by atoms with Crippen molar-refractivity contribution in [3.63, 3.8) is 0 Å². The highest BCUT2D eigenvalue weighted by atomic mass is 19.1. The van der Waals surface area contributed by atoms with Gasteiger partial charge in [0.05, 0.1) is 0 Å². The Morgan fingerprint density at radius 3 is 2.25 bits per heavy atom. The maximum Gasteiger partial charge on any atom is 0.123 e. The molecule has 16 heavy (non-hydrogen) atoms. The largest absolute Gasteiger partial charge is 0.384 e. The molecule has 0 fully saturated rings. The van der Waals surface area contributed by atoms with Crippen molar-refractivity contribution >= 4 is 0 Å². The van der Waals surface area contributed by atoms with E-state index >= 15 is 0 Å². The topological polar surface area (TPSA) is 20.2 Å². The summed E-state index contributed by atoms with van der Waals surface area (Å²) in [6.45, 7) is 1.96. The molecule has 0 amide bonds. The number of aliphatic hydroxyl groups is 1. The SMILES string of the molecule is Cc1cccc([C@H](O)c2cccc(F)c2)c1. The fraction of sp³-hybridized carbons (Fsp3) is 0.143. The summed E-state index contributed by atoms with van der Waals surface area (Å²) in [5.74, 6) is -0.329. The van der Waals surface area contributed by atoms with Crippen LogP contribution in [0.1, 0.15) is 22.8 Å². The number of rotatable bonds is 2. The molecule has 0 heterocycles. The molecule has 1 N–H and O–H groups in total. The van der Waals surface area contributed by atoms with Gasteiger partial charge in [-0.05, 0) is 30.2 Å². The van der Waals surface area contributed by atoms with Crippen molar-refractivity contribution in [3.8, 4) is 0 Å². The van der Waals surface area contributed by atoms with Gasteiger partial charge in [-0.15, -0.1) is 0 Å². The Bertz CT molecular complexity index is 448. The van der Waals surface area contributed by atoms with Gasteiger partial charge in [0, 0.05) is 0 Å². The fourth-order valence-electron chi connectivity index (χ4n) is 1.71. The Balaban J connectivity index is 2.35. The van der Waals surface area contributed by atoms with E-state index in [-0.39, 0.29) is 5.82 Å². The molecule has 0 saturated carbocycles. The molecular formula is C14H13FO. The third-order valence-electron chi connectivity index (χ3n) is 2.52. The summed E-state index contributed by atoms with van der Waals surface area (Å²) >= 11 is 0. The smallest absolute Gasteiger partial charge is 0.123 e. The van der Waals surface area contributed by atoms with Crippen molar-refractivity contribution in [2.24, 2.45) is 0 Å². The molecule has 2 rings (SSSR count). The average Bonchev–Trinajstić information content (AvgIpc) is 2.28. The van der Waals surface area contributed by atoms with Crippen LogP contribution in [0.5, 0.6) is 0 Å². The van der Waals surface area contributed by atoms with Crippen LogP contribution < -0.4 is 0 Å². The lowest BCUT2D eigenvalue weighted by molar-refractivity contribution is 0.219. The monoisotopic (exact) mass is 216 g/mol. The molecule has 0 aliphatic heterocycles. The second-order valence-corrected chi connectivity index (χ2v) is 3.87. The van der Waals surface area contributed by atoms with E-state index in [1.165, 1.54) is 12.1 Å². The Kier molecular flexibility index (Phi) is 3.02. The lowest BCUT2D eigenvalue weighted by atomic mass is 10.00. The first-order valence-electron chi connectivity index (χ1n) is 5.17. The van der Waals surface area contributed by atoms with Crippen LogP contribution in [-0.4, -0.2) is 5.11 Å². The molecule has 0 aliphatic rings.